The number of likely N-dealkylation sites (N-methyl/N-ethyl adjacent to an activating group) is 1. The molecule has 1 aliphatic rings. The zero-order valence-electron chi connectivity index (χ0n) is 13.4. The first kappa shape index (κ1) is 17.6. The normalized spacial score (nSPS) is 17.7. The summed E-state index contributed by atoms with van der Waals surface area (Å²) < 4.78 is 32.6. The molecule has 5 nitrogen and oxygen atoms in total. The topological polar surface area (TPSA) is 53.0 Å². The molecule has 0 aromatic heterocycles. The summed E-state index contributed by atoms with van der Waals surface area (Å²) in [6.45, 7) is 1.92. The molecule has 0 bridgehead atoms. The van der Waals surface area contributed by atoms with E-state index in [2.05, 4.69) is 0 Å². The zero-order valence-corrected chi connectivity index (χ0v) is 13.4. The number of rotatable bonds is 6. The van der Waals surface area contributed by atoms with Gasteiger partial charge in [-0.15, -0.1) is 0 Å². The Bertz CT molecular complexity index is 537. The first-order valence-corrected chi connectivity index (χ1v) is 7.62. The van der Waals surface area contributed by atoms with E-state index < -0.39 is 28.9 Å². The third-order valence-corrected chi connectivity index (χ3v) is 3.80. The van der Waals surface area contributed by atoms with Crippen molar-refractivity contribution in [3.05, 3.63) is 29.3 Å². The second kappa shape index (κ2) is 7.70. The lowest BCUT2D eigenvalue weighted by atomic mass is 10.1. The SMILES string of the molecule is CN(C)CCN(CC1CCCO1)C(=O)c1c(O)cc(F)cc1F. The van der Waals surface area contributed by atoms with Gasteiger partial charge in [0, 0.05) is 38.4 Å². The zero-order chi connectivity index (χ0) is 17.0. The van der Waals surface area contributed by atoms with Gasteiger partial charge in [0.05, 0.1) is 6.10 Å². The van der Waals surface area contributed by atoms with Gasteiger partial charge in [0.2, 0.25) is 0 Å². The number of amides is 1. The van der Waals surface area contributed by atoms with Crippen LogP contribution in [-0.2, 0) is 4.74 Å². The van der Waals surface area contributed by atoms with Crippen molar-refractivity contribution in [2.75, 3.05) is 40.3 Å². The number of carbonyl (C=O) groups is 1. The summed E-state index contributed by atoms with van der Waals surface area (Å²) in [6, 6.07) is 1.34. The molecule has 1 amide bonds. The first-order chi connectivity index (χ1) is 10.9. The van der Waals surface area contributed by atoms with Crippen molar-refractivity contribution in [2.45, 2.75) is 18.9 Å². The highest BCUT2D eigenvalue weighted by molar-refractivity contribution is 5.97. The number of hydrogen-bond donors (Lipinski definition) is 1. The van der Waals surface area contributed by atoms with Crippen molar-refractivity contribution in [1.29, 1.82) is 0 Å². The second-order valence-electron chi connectivity index (χ2n) is 5.97. The van der Waals surface area contributed by atoms with E-state index in [1.807, 2.05) is 19.0 Å². The fourth-order valence-corrected chi connectivity index (χ4v) is 2.56. The lowest BCUT2D eigenvalue weighted by molar-refractivity contribution is 0.0506. The minimum absolute atomic E-state index is 0.0910. The van der Waals surface area contributed by atoms with Crippen LogP contribution >= 0.6 is 0 Å². The van der Waals surface area contributed by atoms with E-state index in [-0.39, 0.29) is 6.10 Å². The second-order valence-corrected chi connectivity index (χ2v) is 5.97. The van der Waals surface area contributed by atoms with Gasteiger partial charge in [-0.1, -0.05) is 0 Å². The van der Waals surface area contributed by atoms with Gasteiger partial charge in [0.1, 0.15) is 22.9 Å². The van der Waals surface area contributed by atoms with Crippen LogP contribution in [0.25, 0.3) is 0 Å². The van der Waals surface area contributed by atoms with Gasteiger partial charge >= 0.3 is 0 Å². The number of nitrogens with zero attached hydrogens (tertiary/aromatic N) is 2. The lowest BCUT2D eigenvalue weighted by Gasteiger charge is -2.27. The Labute approximate surface area is 134 Å². The fraction of sp³-hybridized carbons (Fsp3) is 0.562. The molecule has 7 heteroatoms. The molecule has 0 saturated carbocycles. The largest absolute Gasteiger partial charge is 0.507 e. The van der Waals surface area contributed by atoms with E-state index >= 15 is 0 Å². The molecule has 0 radical (unpaired) electrons. The third kappa shape index (κ3) is 4.62. The minimum atomic E-state index is -1.06. The fourth-order valence-electron chi connectivity index (χ4n) is 2.56. The maximum Gasteiger partial charge on any atom is 0.260 e. The Morgan fingerprint density at radius 1 is 1.35 bits per heavy atom. The first-order valence-electron chi connectivity index (χ1n) is 7.62. The van der Waals surface area contributed by atoms with Crippen LogP contribution in [0.1, 0.15) is 23.2 Å². The Morgan fingerprint density at radius 3 is 2.65 bits per heavy atom. The van der Waals surface area contributed by atoms with Crippen LogP contribution in [0.4, 0.5) is 8.78 Å². The van der Waals surface area contributed by atoms with Crippen molar-refractivity contribution < 1.29 is 23.4 Å². The number of aromatic hydroxyl groups is 1. The molecule has 23 heavy (non-hydrogen) atoms. The molecule has 1 N–H and O–H groups in total. The molecule has 1 unspecified atom stereocenters. The average molecular weight is 328 g/mol. The van der Waals surface area contributed by atoms with Gasteiger partial charge in [0.25, 0.3) is 5.91 Å². The van der Waals surface area contributed by atoms with Gasteiger partial charge in [-0.05, 0) is 26.9 Å². The van der Waals surface area contributed by atoms with E-state index in [4.69, 9.17) is 4.74 Å². The number of ether oxygens (including phenoxy) is 1. The van der Waals surface area contributed by atoms with Crippen LogP contribution in [0.2, 0.25) is 0 Å². The summed E-state index contributed by atoms with van der Waals surface area (Å²) in [6.07, 6.45) is 1.67. The average Bonchev–Trinajstić information content (AvgIpc) is 2.94. The molecular formula is C16H22F2N2O3. The predicted molar refractivity (Wildman–Crippen MR) is 81.5 cm³/mol. The van der Waals surface area contributed by atoms with Gasteiger partial charge in [-0.3, -0.25) is 4.79 Å². The Morgan fingerprint density at radius 2 is 2.09 bits per heavy atom. The number of carbonyl (C=O) groups excluding carboxylic acids is 1. The van der Waals surface area contributed by atoms with Gasteiger partial charge in [-0.2, -0.15) is 0 Å². The van der Waals surface area contributed by atoms with Crippen molar-refractivity contribution in [3.63, 3.8) is 0 Å². The van der Waals surface area contributed by atoms with E-state index in [9.17, 15) is 18.7 Å². The predicted octanol–water partition coefficient (Wildman–Crippen LogP) is 1.85. The molecule has 1 atom stereocenters. The molecule has 0 aliphatic carbocycles. The summed E-state index contributed by atoms with van der Waals surface area (Å²) in [5.41, 5.74) is -0.497. The van der Waals surface area contributed by atoms with Crippen molar-refractivity contribution in [1.82, 2.24) is 9.80 Å². The van der Waals surface area contributed by atoms with Gasteiger partial charge < -0.3 is 19.6 Å². The van der Waals surface area contributed by atoms with Crippen molar-refractivity contribution >= 4 is 5.91 Å². The van der Waals surface area contributed by atoms with Crippen LogP contribution in [0, 0.1) is 11.6 Å². The summed E-state index contributed by atoms with van der Waals surface area (Å²) in [4.78, 5) is 16.0. The lowest BCUT2D eigenvalue weighted by Crippen LogP contribution is -2.41. The Balaban J connectivity index is 2.20. The number of phenolic OH excluding ortho intramolecular Hbond substituents is 1. The molecule has 1 aliphatic heterocycles. The minimum Gasteiger partial charge on any atom is -0.507 e. The number of halogens is 2. The standard InChI is InChI=1S/C16H22F2N2O3/c1-19(2)5-6-20(10-12-4-3-7-23-12)16(22)15-13(18)8-11(17)9-14(15)21/h8-9,12,21H,3-7,10H2,1-2H3. The quantitative estimate of drug-likeness (QED) is 0.866. The van der Waals surface area contributed by atoms with Crippen molar-refractivity contribution in [3.8, 4) is 5.75 Å². The highest BCUT2D eigenvalue weighted by Crippen LogP contribution is 2.24. The van der Waals surface area contributed by atoms with E-state index in [0.717, 1.165) is 18.9 Å². The molecule has 1 saturated heterocycles. The third-order valence-electron chi connectivity index (χ3n) is 3.80. The number of phenols is 1. The summed E-state index contributed by atoms with van der Waals surface area (Å²) in [5, 5.41) is 9.76. The van der Waals surface area contributed by atoms with E-state index in [0.29, 0.717) is 32.3 Å². The molecule has 0 spiro atoms. The van der Waals surface area contributed by atoms with Gasteiger partial charge in [0.15, 0.2) is 0 Å². The monoisotopic (exact) mass is 328 g/mol. The summed E-state index contributed by atoms with van der Waals surface area (Å²) >= 11 is 0. The smallest absolute Gasteiger partial charge is 0.260 e. The summed E-state index contributed by atoms with van der Waals surface area (Å²) in [7, 11) is 3.73. The van der Waals surface area contributed by atoms with Crippen molar-refractivity contribution in [2.24, 2.45) is 0 Å². The molecule has 1 aromatic rings. The highest BCUT2D eigenvalue weighted by Gasteiger charge is 2.27. The van der Waals surface area contributed by atoms with Crippen LogP contribution in [0.5, 0.6) is 5.75 Å². The molecule has 128 valence electrons. The van der Waals surface area contributed by atoms with E-state index in [1.54, 1.807) is 0 Å². The molecule has 1 heterocycles. The van der Waals surface area contributed by atoms with Gasteiger partial charge in [-0.25, -0.2) is 8.78 Å². The number of benzene rings is 1. The molecule has 1 aromatic carbocycles. The highest BCUT2D eigenvalue weighted by atomic mass is 19.1. The van der Waals surface area contributed by atoms with Crippen LogP contribution in [-0.4, -0.2) is 67.3 Å². The summed E-state index contributed by atoms with van der Waals surface area (Å²) in [5.74, 6) is -3.32. The Hall–Kier alpha value is -1.73. The molecule has 1 fully saturated rings. The molecule has 2 rings (SSSR count). The van der Waals surface area contributed by atoms with Crippen LogP contribution in [0.3, 0.4) is 0 Å². The molecular weight excluding hydrogens is 306 g/mol. The Kier molecular flexibility index (Phi) is 5.90. The maximum absolute atomic E-state index is 13.9. The van der Waals surface area contributed by atoms with Crippen LogP contribution in [0.15, 0.2) is 12.1 Å². The van der Waals surface area contributed by atoms with Crippen LogP contribution < -0.4 is 0 Å². The maximum atomic E-state index is 13.9. The number of hydrogen-bond acceptors (Lipinski definition) is 4. The van der Waals surface area contributed by atoms with E-state index in [1.165, 1.54) is 4.90 Å².